The summed E-state index contributed by atoms with van der Waals surface area (Å²) in [6, 6.07) is 15.8. The predicted octanol–water partition coefficient (Wildman–Crippen LogP) is 4.06. The zero-order valence-electron chi connectivity index (χ0n) is 16.0. The van der Waals surface area contributed by atoms with Crippen LogP contribution in [0.2, 0.25) is 5.02 Å². The molecule has 0 aliphatic carbocycles. The van der Waals surface area contributed by atoms with E-state index in [1.165, 1.54) is 0 Å². The van der Waals surface area contributed by atoms with E-state index in [0.29, 0.717) is 22.0 Å². The quantitative estimate of drug-likeness (QED) is 0.655. The Morgan fingerprint density at radius 2 is 1.79 bits per heavy atom. The Balaban J connectivity index is 2.05. The average Bonchev–Trinajstić information content (AvgIpc) is 2.68. The fourth-order valence-electron chi connectivity index (χ4n) is 2.38. The van der Waals surface area contributed by atoms with Gasteiger partial charge in [0, 0.05) is 16.4 Å². The van der Waals surface area contributed by atoms with Crippen molar-refractivity contribution in [1.82, 2.24) is 5.32 Å². The van der Waals surface area contributed by atoms with Gasteiger partial charge >= 0.3 is 0 Å². The van der Waals surface area contributed by atoms with Crippen molar-refractivity contribution in [2.75, 3.05) is 17.2 Å². The minimum Gasteiger partial charge on any atom is -0.376 e. The number of benzene rings is 2. The van der Waals surface area contributed by atoms with E-state index in [1.54, 1.807) is 55.5 Å². The molecule has 146 valence electrons. The SMILES string of the molecule is CC(C)C(C)(C#N)NC(=O)CNc1ccccc1C(=O)Nc1ccc(Cl)cc1. The molecule has 0 radical (unpaired) electrons. The number of nitriles is 1. The first-order valence-electron chi connectivity index (χ1n) is 8.87. The highest BCUT2D eigenvalue weighted by atomic mass is 35.5. The second-order valence-electron chi connectivity index (χ2n) is 6.88. The van der Waals surface area contributed by atoms with Gasteiger partial charge in [-0.1, -0.05) is 37.6 Å². The fraction of sp³-hybridized carbons (Fsp3) is 0.286. The van der Waals surface area contributed by atoms with E-state index in [-0.39, 0.29) is 24.3 Å². The van der Waals surface area contributed by atoms with Crippen LogP contribution in [0.4, 0.5) is 11.4 Å². The lowest BCUT2D eigenvalue weighted by atomic mass is 9.90. The highest BCUT2D eigenvalue weighted by Gasteiger charge is 2.29. The van der Waals surface area contributed by atoms with E-state index in [4.69, 9.17) is 11.6 Å². The molecule has 1 unspecified atom stereocenters. The smallest absolute Gasteiger partial charge is 0.257 e. The number of amides is 2. The van der Waals surface area contributed by atoms with Crippen molar-refractivity contribution in [3.8, 4) is 6.07 Å². The Labute approximate surface area is 169 Å². The fourth-order valence-corrected chi connectivity index (χ4v) is 2.50. The molecule has 0 saturated carbocycles. The molecule has 2 amide bonds. The van der Waals surface area contributed by atoms with Gasteiger partial charge in [0.1, 0.15) is 5.54 Å². The summed E-state index contributed by atoms with van der Waals surface area (Å²) in [4.78, 5) is 24.9. The summed E-state index contributed by atoms with van der Waals surface area (Å²) in [7, 11) is 0. The number of rotatable bonds is 7. The van der Waals surface area contributed by atoms with E-state index < -0.39 is 5.54 Å². The normalized spacial score (nSPS) is 12.6. The Hall–Kier alpha value is -3.04. The van der Waals surface area contributed by atoms with Gasteiger partial charge in [0.05, 0.1) is 18.2 Å². The zero-order chi connectivity index (χ0) is 20.7. The van der Waals surface area contributed by atoms with Crippen LogP contribution >= 0.6 is 11.6 Å². The van der Waals surface area contributed by atoms with Gasteiger partial charge in [-0.15, -0.1) is 0 Å². The average molecular weight is 399 g/mol. The lowest BCUT2D eigenvalue weighted by Gasteiger charge is -2.27. The molecule has 2 aromatic rings. The van der Waals surface area contributed by atoms with Crippen molar-refractivity contribution in [3.63, 3.8) is 0 Å². The molecule has 0 fully saturated rings. The molecule has 2 aromatic carbocycles. The van der Waals surface area contributed by atoms with Crippen LogP contribution in [0.25, 0.3) is 0 Å². The first-order chi connectivity index (χ1) is 13.2. The summed E-state index contributed by atoms with van der Waals surface area (Å²) in [6.45, 7) is 5.36. The number of halogens is 1. The second-order valence-corrected chi connectivity index (χ2v) is 7.31. The number of nitrogens with one attached hydrogen (secondary N) is 3. The van der Waals surface area contributed by atoms with Gasteiger partial charge in [0.2, 0.25) is 5.91 Å². The van der Waals surface area contributed by atoms with Gasteiger partial charge in [-0.05, 0) is 49.2 Å². The molecule has 3 N–H and O–H groups in total. The maximum Gasteiger partial charge on any atom is 0.257 e. The number of hydrogen-bond donors (Lipinski definition) is 3. The topological polar surface area (TPSA) is 94.0 Å². The van der Waals surface area contributed by atoms with E-state index >= 15 is 0 Å². The third-order valence-corrected chi connectivity index (χ3v) is 4.75. The summed E-state index contributed by atoms with van der Waals surface area (Å²) in [5.74, 6) is -0.681. The van der Waals surface area contributed by atoms with Crippen LogP contribution in [0.1, 0.15) is 31.1 Å². The van der Waals surface area contributed by atoms with E-state index in [0.717, 1.165) is 0 Å². The summed E-state index contributed by atoms with van der Waals surface area (Å²) in [5.41, 5.74) is 0.581. The standard InChI is InChI=1S/C21H23ClN4O2/c1-14(2)21(3,13-23)26-19(27)12-24-18-7-5-4-6-17(18)20(28)25-16-10-8-15(22)9-11-16/h4-11,14,24H,12H2,1-3H3,(H,25,28)(H,26,27). The van der Waals surface area contributed by atoms with E-state index in [2.05, 4.69) is 22.0 Å². The zero-order valence-corrected chi connectivity index (χ0v) is 16.8. The number of anilines is 2. The van der Waals surface area contributed by atoms with Gasteiger partial charge in [-0.25, -0.2) is 0 Å². The molecular weight excluding hydrogens is 376 g/mol. The van der Waals surface area contributed by atoms with Crippen LogP contribution in [0, 0.1) is 17.2 Å². The minimum absolute atomic E-state index is 0.0427. The Kier molecular flexibility index (Phi) is 7.02. The van der Waals surface area contributed by atoms with Crippen molar-refractivity contribution < 1.29 is 9.59 Å². The summed E-state index contributed by atoms with van der Waals surface area (Å²) in [6.07, 6.45) is 0. The molecule has 0 aromatic heterocycles. The summed E-state index contributed by atoms with van der Waals surface area (Å²) in [5, 5.41) is 18.4. The maximum absolute atomic E-state index is 12.6. The van der Waals surface area contributed by atoms with Crippen LogP contribution in [0.15, 0.2) is 48.5 Å². The molecule has 0 bridgehead atoms. The molecule has 2 rings (SSSR count). The molecule has 0 saturated heterocycles. The summed E-state index contributed by atoms with van der Waals surface area (Å²) < 4.78 is 0. The molecule has 6 nitrogen and oxygen atoms in total. The Morgan fingerprint density at radius 3 is 2.39 bits per heavy atom. The van der Waals surface area contributed by atoms with Gasteiger partial charge in [-0.2, -0.15) is 5.26 Å². The number of para-hydroxylation sites is 1. The molecular formula is C21H23ClN4O2. The van der Waals surface area contributed by atoms with Crippen LogP contribution in [0.3, 0.4) is 0 Å². The molecule has 1 atom stereocenters. The first kappa shape index (κ1) is 21.3. The predicted molar refractivity (Wildman–Crippen MR) is 111 cm³/mol. The van der Waals surface area contributed by atoms with Crippen LogP contribution < -0.4 is 16.0 Å². The molecule has 0 aliphatic rings. The highest BCUT2D eigenvalue weighted by Crippen LogP contribution is 2.19. The molecule has 0 aliphatic heterocycles. The third-order valence-electron chi connectivity index (χ3n) is 4.50. The van der Waals surface area contributed by atoms with Crippen LogP contribution in [0.5, 0.6) is 0 Å². The lowest BCUT2D eigenvalue weighted by Crippen LogP contribution is -2.50. The highest BCUT2D eigenvalue weighted by molar-refractivity contribution is 6.30. The third kappa shape index (κ3) is 5.48. The Morgan fingerprint density at radius 1 is 1.14 bits per heavy atom. The lowest BCUT2D eigenvalue weighted by molar-refractivity contribution is -0.121. The van der Waals surface area contributed by atoms with E-state index in [9.17, 15) is 14.9 Å². The minimum atomic E-state index is -0.954. The molecule has 0 heterocycles. The van der Waals surface area contributed by atoms with Crippen molar-refractivity contribution in [3.05, 3.63) is 59.1 Å². The molecule has 28 heavy (non-hydrogen) atoms. The molecule has 0 spiro atoms. The van der Waals surface area contributed by atoms with Crippen molar-refractivity contribution >= 4 is 34.8 Å². The van der Waals surface area contributed by atoms with Gasteiger partial charge < -0.3 is 16.0 Å². The maximum atomic E-state index is 12.6. The van der Waals surface area contributed by atoms with E-state index in [1.807, 2.05) is 13.8 Å². The largest absolute Gasteiger partial charge is 0.376 e. The van der Waals surface area contributed by atoms with Gasteiger partial charge in [0.25, 0.3) is 5.91 Å². The Bertz CT molecular complexity index is 890. The molecule has 7 heteroatoms. The van der Waals surface area contributed by atoms with Crippen molar-refractivity contribution in [2.24, 2.45) is 5.92 Å². The van der Waals surface area contributed by atoms with Crippen molar-refractivity contribution in [2.45, 2.75) is 26.3 Å². The van der Waals surface area contributed by atoms with Crippen LogP contribution in [-0.4, -0.2) is 23.9 Å². The number of carbonyl (C=O) groups excluding carboxylic acids is 2. The summed E-state index contributed by atoms with van der Waals surface area (Å²) >= 11 is 5.86. The second kappa shape index (κ2) is 9.25. The monoisotopic (exact) mass is 398 g/mol. The first-order valence-corrected chi connectivity index (χ1v) is 9.25. The number of nitrogens with zero attached hydrogens (tertiary/aromatic N) is 1. The van der Waals surface area contributed by atoms with Gasteiger partial charge in [0.15, 0.2) is 0 Å². The van der Waals surface area contributed by atoms with Crippen molar-refractivity contribution in [1.29, 1.82) is 5.26 Å². The van der Waals surface area contributed by atoms with Crippen LogP contribution in [-0.2, 0) is 4.79 Å². The number of carbonyl (C=O) groups is 2. The number of hydrogen-bond acceptors (Lipinski definition) is 4. The van der Waals surface area contributed by atoms with Gasteiger partial charge in [-0.3, -0.25) is 9.59 Å².